The predicted octanol–water partition coefficient (Wildman–Crippen LogP) is 0.241. The molecule has 12 heteroatoms. The number of hydrogen-bond acceptors (Lipinski definition) is 11. The molecule has 1 heterocycles. The van der Waals surface area contributed by atoms with E-state index in [9.17, 15) is 24.3 Å². The van der Waals surface area contributed by atoms with Crippen LogP contribution < -0.4 is 0 Å². The molecule has 0 amide bonds. The van der Waals surface area contributed by atoms with Crippen LogP contribution in [-0.4, -0.2) is 74.3 Å². The smallest absolute Gasteiger partial charge is 0.315 e. The molecule has 0 aromatic heterocycles. The van der Waals surface area contributed by atoms with Crippen LogP contribution in [0.25, 0.3) is 0 Å². The van der Waals surface area contributed by atoms with Crippen LogP contribution in [0.4, 0.5) is 0 Å². The molecule has 1 unspecified atom stereocenters. The summed E-state index contributed by atoms with van der Waals surface area (Å²) >= 11 is 0. The molecule has 1 aliphatic rings. The van der Waals surface area contributed by atoms with Crippen LogP contribution in [0.5, 0.6) is 0 Å². The zero-order valence-electron chi connectivity index (χ0n) is 17.5. The number of carbonyl (C=O) groups excluding carboxylic acids is 4. The van der Waals surface area contributed by atoms with Gasteiger partial charge in [-0.3, -0.25) is 19.2 Å². The molecular formula is C17H28O11Si. The summed E-state index contributed by atoms with van der Waals surface area (Å²) < 4.78 is 31.8. The first-order valence-electron chi connectivity index (χ1n) is 8.90. The SMILES string of the molecule is CC(=O)OC[C@H]1OC(O)(O[Si](C)(C)C)[C@H](OC(C)=O)[C@@H](OC(C)=O)[C@H]1OC(C)=O. The molecule has 1 rings (SSSR count). The van der Waals surface area contributed by atoms with E-state index in [4.69, 9.17) is 28.1 Å². The van der Waals surface area contributed by atoms with Gasteiger partial charge in [0.25, 0.3) is 0 Å². The molecule has 1 saturated heterocycles. The van der Waals surface area contributed by atoms with Crippen molar-refractivity contribution in [2.24, 2.45) is 0 Å². The van der Waals surface area contributed by atoms with Crippen molar-refractivity contribution in [1.29, 1.82) is 0 Å². The van der Waals surface area contributed by atoms with Gasteiger partial charge in [0.2, 0.25) is 6.10 Å². The average molecular weight is 436 g/mol. The lowest BCUT2D eigenvalue weighted by atomic mass is 9.96. The molecule has 0 saturated carbocycles. The third kappa shape index (κ3) is 7.72. The van der Waals surface area contributed by atoms with Crippen molar-refractivity contribution < 1.29 is 52.4 Å². The van der Waals surface area contributed by atoms with Crippen molar-refractivity contribution in [2.75, 3.05) is 6.61 Å². The third-order valence-electron chi connectivity index (χ3n) is 3.47. The summed E-state index contributed by atoms with van der Waals surface area (Å²) in [5, 5.41) is 11.1. The molecule has 0 radical (unpaired) electrons. The quantitative estimate of drug-likeness (QED) is 0.254. The molecule has 0 spiro atoms. The lowest BCUT2D eigenvalue weighted by Crippen LogP contribution is -2.70. The van der Waals surface area contributed by atoms with Gasteiger partial charge < -0.3 is 33.2 Å². The summed E-state index contributed by atoms with van der Waals surface area (Å²) in [7, 11) is -2.53. The van der Waals surface area contributed by atoms with Crippen LogP contribution in [0, 0.1) is 0 Å². The highest BCUT2D eigenvalue weighted by molar-refractivity contribution is 6.69. The maximum Gasteiger partial charge on any atom is 0.315 e. The van der Waals surface area contributed by atoms with Crippen molar-refractivity contribution in [3.05, 3.63) is 0 Å². The summed E-state index contributed by atoms with van der Waals surface area (Å²) in [6.07, 6.45) is -5.80. The monoisotopic (exact) mass is 436 g/mol. The predicted molar refractivity (Wildman–Crippen MR) is 97.5 cm³/mol. The molecule has 5 atom stereocenters. The Kier molecular flexibility index (Phi) is 8.32. The molecular weight excluding hydrogens is 408 g/mol. The molecule has 29 heavy (non-hydrogen) atoms. The van der Waals surface area contributed by atoms with Crippen molar-refractivity contribution in [3.8, 4) is 0 Å². The van der Waals surface area contributed by atoms with Gasteiger partial charge in [0, 0.05) is 27.7 Å². The van der Waals surface area contributed by atoms with Gasteiger partial charge in [-0.15, -0.1) is 0 Å². The van der Waals surface area contributed by atoms with Crippen molar-refractivity contribution >= 4 is 32.2 Å². The number of rotatable bonds is 7. The lowest BCUT2D eigenvalue weighted by Gasteiger charge is -2.49. The second-order valence-corrected chi connectivity index (χ2v) is 11.9. The van der Waals surface area contributed by atoms with E-state index in [1.54, 1.807) is 19.6 Å². The Bertz CT molecular complexity index is 644. The van der Waals surface area contributed by atoms with Crippen LogP contribution in [0.2, 0.25) is 19.6 Å². The molecule has 0 bridgehead atoms. The second-order valence-electron chi connectivity index (χ2n) is 7.48. The minimum atomic E-state index is -2.54. The Morgan fingerprint density at radius 2 is 1.34 bits per heavy atom. The van der Waals surface area contributed by atoms with Gasteiger partial charge in [-0.25, -0.2) is 0 Å². The highest BCUT2D eigenvalue weighted by Crippen LogP contribution is 2.37. The number of esters is 4. The van der Waals surface area contributed by atoms with E-state index in [1.165, 1.54) is 0 Å². The topological polar surface area (TPSA) is 144 Å². The van der Waals surface area contributed by atoms with E-state index >= 15 is 0 Å². The van der Waals surface area contributed by atoms with Crippen molar-refractivity contribution in [3.63, 3.8) is 0 Å². The zero-order chi connectivity index (χ0) is 22.6. The van der Waals surface area contributed by atoms with Gasteiger partial charge in [-0.1, -0.05) is 0 Å². The number of hydrogen-bond donors (Lipinski definition) is 1. The molecule has 1 aliphatic heterocycles. The summed E-state index contributed by atoms with van der Waals surface area (Å²) in [5.41, 5.74) is 0. The maximum absolute atomic E-state index is 11.7. The minimum Gasteiger partial charge on any atom is -0.463 e. The normalized spacial score (nSPS) is 29.5. The third-order valence-corrected chi connectivity index (χ3v) is 4.37. The lowest BCUT2D eigenvalue weighted by molar-refractivity contribution is -0.425. The van der Waals surface area contributed by atoms with Crippen LogP contribution in [0.3, 0.4) is 0 Å². The highest BCUT2D eigenvalue weighted by atomic mass is 28.4. The highest BCUT2D eigenvalue weighted by Gasteiger charge is 2.61. The Morgan fingerprint density at radius 1 is 0.862 bits per heavy atom. The fraction of sp³-hybridized carbons (Fsp3) is 0.765. The standard InChI is InChI=1S/C17H28O11Si/c1-9(18)23-8-13-14(24-10(2)19)15(25-11(3)20)16(26-12(4)21)17(22,27-13)28-29(5,6)7/h13-16,22H,8H2,1-7H3/t13-,14+,15+,16-,17?/m1/s1. The van der Waals surface area contributed by atoms with E-state index in [-0.39, 0.29) is 0 Å². The Morgan fingerprint density at radius 3 is 1.76 bits per heavy atom. The second kappa shape index (κ2) is 9.65. The molecule has 0 aromatic carbocycles. The van der Waals surface area contributed by atoms with E-state index in [0.29, 0.717) is 0 Å². The average Bonchev–Trinajstić information content (AvgIpc) is 2.49. The summed E-state index contributed by atoms with van der Waals surface area (Å²) in [4.78, 5) is 46.2. The van der Waals surface area contributed by atoms with Gasteiger partial charge in [0.05, 0.1) is 0 Å². The molecule has 0 aliphatic carbocycles. The van der Waals surface area contributed by atoms with E-state index in [2.05, 4.69) is 0 Å². The van der Waals surface area contributed by atoms with Gasteiger partial charge in [0.1, 0.15) is 12.7 Å². The molecule has 166 valence electrons. The van der Waals surface area contributed by atoms with Crippen molar-refractivity contribution in [1.82, 2.24) is 0 Å². The minimum absolute atomic E-state index is 0.449. The number of aliphatic hydroxyl groups is 1. The molecule has 1 fully saturated rings. The first kappa shape index (κ1) is 25.0. The van der Waals surface area contributed by atoms with Crippen LogP contribution in [0.15, 0.2) is 0 Å². The van der Waals surface area contributed by atoms with Gasteiger partial charge in [-0.05, 0) is 19.6 Å². The van der Waals surface area contributed by atoms with Crippen LogP contribution >= 0.6 is 0 Å². The molecule has 11 nitrogen and oxygen atoms in total. The zero-order valence-corrected chi connectivity index (χ0v) is 18.5. The molecule has 0 aromatic rings. The fourth-order valence-corrected chi connectivity index (χ4v) is 3.81. The Hall–Kier alpha value is -2.02. The van der Waals surface area contributed by atoms with Crippen LogP contribution in [0.1, 0.15) is 27.7 Å². The van der Waals surface area contributed by atoms with Gasteiger partial charge in [0.15, 0.2) is 20.5 Å². The largest absolute Gasteiger partial charge is 0.463 e. The summed E-state index contributed by atoms with van der Waals surface area (Å²) in [6.45, 7) is 9.18. The maximum atomic E-state index is 11.7. The van der Waals surface area contributed by atoms with E-state index in [0.717, 1.165) is 27.7 Å². The first-order chi connectivity index (χ1) is 13.1. The first-order valence-corrected chi connectivity index (χ1v) is 12.3. The number of carbonyl (C=O) groups is 4. The Labute approximate surface area is 169 Å². The fourth-order valence-electron chi connectivity index (χ4n) is 2.77. The van der Waals surface area contributed by atoms with E-state index < -0.39 is 69.2 Å². The summed E-state index contributed by atoms with van der Waals surface area (Å²) in [6, 6.07) is 0. The Balaban J connectivity index is 3.47. The van der Waals surface area contributed by atoms with Crippen LogP contribution in [-0.2, 0) is 47.3 Å². The van der Waals surface area contributed by atoms with E-state index in [1.807, 2.05) is 0 Å². The summed E-state index contributed by atoms with van der Waals surface area (Å²) in [5.74, 6) is -5.59. The van der Waals surface area contributed by atoms with Gasteiger partial charge >= 0.3 is 29.9 Å². The number of ether oxygens (including phenoxy) is 5. The van der Waals surface area contributed by atoms with Gasteiger partial charge in [-0.2, -0.15) is 0 Å². The van der Waals surface area contributed by atoms with Crippen molar-refractivity contribution in [2.45, 2.75) is 77.7 Å². The molecule has 1 N–H and O–H groups in total.